The van der Waals surface area contributed by atoms with Crippen molar-refractivity contribution >= 4 is 34.2 Å². The molecule has 1 atom stereocenters. The van der Waals surface area contributed by atoms with E-state index in [0.717, 1.165) is 57.8 Å². The monoisotopic (exact) mass is 518 g/mol. The van der Waals surface area contributed by atoms with Gasteiger partial charge in [-0.2, -0.15) is 0 Å². The standard InChI is InChI=1S/C29H31ClN4O3/c1-17-14-22-24(19-6-8-20(30)9-7-19)23(27(28(35)36)37-29(3,4)5)18(2)25-26(22)34(17)13-12-33(25)16-21-15-31-10-11-32-21/h6-11,14-15,27H,12-13,16H2,1-5H3,(H,35,36)/t27-/m0/s1. The van der Waals surface area contributed by atoms with E-state index in [2.05, 4.69) is 32.4 Å². The molecule has 0 amide bonds. The predicted octanol–water partition coefficient (Wildman–Crippen LogP) is 6.33. The van der Waals surface area contributed by atoms with Crippen molar-refractivity contribution in [2.45, 2.75) is 59.4 Å². The number of ether oxygens (including phenoxy) is 1. The van der Waals surface area contributed by atoms with E-state index in [1.54, 1.807) is 18.6 Å². The molecule has 0 saturated carbocycles. The van der Waals surface area contributed by atoms with Gasteiger partial charge in [0.05, 0.1) is 35.2 Å². The summed E-state index contributed by atoms with van der Waals surface area (Å²) >= 11 is 6.23. The molecule has 4 aromatic rings. The second-order valence-electron chi connectivity index (χ2n) is 10.5. The Balaban J connectivity index is 1.85. The number of carbonyl (C=O) groups is 1. The lowest BCUT2D eigenvalue weighted by atomic mass is 9.87. The number of hydrogen-bond acceptors (Lipinski definition) is 5. The summed E-state index contributed by atoms with van der Waals surface area (Å²) < 4.78 is 8.56. The van der Waals surface area contributed by atoms with Crippen LogP contribution in [0.15, 0.2) is 48.9 Å². The molecule has 1 N–H and O–H groups in total. The SMILES string of the molecule is Cc1c([C@H](OC(C)(C)C)C(=O)O)c(-c2ccc(Cl)cc2)c2cc(C)n3c2c1N(Cc1cnccn1)CC3. The van der Waals surface area contributed by atoms with Crippen LogP contribution in [0.3, 0.4) is 0 Å². The Morgan fingerprint density at radius 2 is 1.89 bits per heavy atom. The summed E-state index contributed by atoms with van der Waals surface area (Å²) in [5.41, 5.74) is 6.75. The lowest BCUT2D eigenvalue weighted by Gasteiger charge is -2.35. The largest absolute Gasteiger partial charge is 0.479 e. The number of halogens is 1. The first kappa shape index (κ1) is 25.2. The third kappa shape index (κ3) is 4.69. The molecule has 0 aliphatic carbocycles. The average molecular weight is 519 g/mol. The number of anilines is 1. The van der Waals surface area contributed by atoms with Crippen molar-refractivity contribution in [1.82, 2.24) is 14.5 Å². The maximum atomic E-state index is 12.8. The lowest BCUT2D eigenvalue weighted by molar-refractivity contribution is -0.160. The summed E-state index contributed by atoms with van der Waals surface area (Å²) in [6.07, 6.45) is 3.98. The van der Waals surface area contributed by atoms with Crippen LogP contribution in [-0.4, -0.2) is 37.8 Å². The van der Waals surface area contributed by atoms with Gasteiger partial charge in [0.1, 0.15) is 0 Å². The minimum Gasteiger partial charge on any atom is -0.479 e. The maximum Gasteiger partial charge on any atom is 0.337 e. The van der Waals surface area contributed by atoms with Crippen molar-refractivity contribution in [3.63, 3.8) is 0 Å². The molecule has 8 heteroatoms. The molecule has 5 rings (SSSR count). The van der Waals surface area contributed by atoms with Crippen LogP contribution in [0, 0.1) is 13.8 Å². The fraction of sp³-hybridized carbons (Fsp3) is 0.345. The lowest BCUT2D eigenvalue weighted by Crippen LogP contribution is -2.34. The highest BCUT2D eigenvalue weighted by atomic mass is 35.5. The van der Waals surface area contributed by atoms with Gasteiger partial charge in [-0.1, -0.05) is 23.7 Å². The first-order valence-corrected chi connectivity index (χ1v) is 12.8. The smallest absolute Gasteiger partial charge is 0.337 e. The van der Waals surface area contributed by atoms with Gasteiger partial charge in [0.2, 0.25) is 0 Å². The van der Waals surface area contributed by atoms with Crippen molar-refractivity contribution in [2.75, 3.05) is 11.4 Å². The fourth-order valence-corrected chi connectivity index (χ4v) is 5.50. The molecule has 0 unspecified atom stereocenters. The van der Waals surface area contributed by atoms with Crippen molar-refractivity contribution < 1.29 is 14.6 Å². The molecular formula is C29H31ClN4O3. The highest BCUT2D eigenvalue weighted by Crippen LogP contribution is 2.48. The molecule has 192 valence electrons. The van der Waals surface area contributed by atoms with Crippen LogP contribution in [-0.2, 0) is 22.6 Å². The Hall–Kier alpha value is -3.42. The Labute approximate surface area is 221 Å². The number of aliphatic carboxylic acids is 1. The van der Waals surface area contributed by atoms with Crippen LogP contribution in [0.1, 0.15) is 49.4 Å². The first-order chi connectivity index (χ1) is 17.5. The highest BCUT2D eigenvalue weighted by Gasteiger charge is 2.36. The Morgan fingerprint density at radius 1 is 1.16 bits per heavy atom. The van der Waals surface area contributed by atoms with E-state index in [1.807, 2.05) is 52.0 Å². The molecular weight excluding hydrogens is 488 g/mol. The molecule has 2 aromatic carbocycles. The first-order valence-electron chi connectivity index (χ1n) is 12.4. The minimum atomic E-state index is -1.16. The van der Waals surface area contributed by atoms with Crippen LogP contribution in [0.25, 0.3) is 22.0 Å². The number of benzene rings is 2. The van der Waals surface area contributed by atoms with Gasteiger partial charge in [-0.05, 0) is 69.5 Å². The second-order valence-corrected chi connectivity index (χ2v) is 11.0. The summed E-state index contributed by atoms with van der Waals surface area (Å²) in [5, 5.41) is 12.1. The third-order valence-electron chi connectivity index (χ3n) is 6.80. The van der Waals surface area contributed by atoms with Gasteiger partial charge in [0, 0.05) is 47.1 Å². The summed E-state index contributed by atoms with van der Waals surface area (Å²) in [6, 6.07) is 9.74. The molecule has 2 aromatic heterocycles. The van der Waals surface area contributed by atoms with E-state index in [-0.39, 0.29) is 0 Å². The zero-order valence-corrected chi connectivity index (χ0v) is 22.5. The summed E-state index contributed by atoms with van der Waals surface area (Å²) in [4.78, 5) is 23.8. The number of hydrogen-bond donors (Lipinski definition) is 1. The van der Waals surface area contributed by atoms with E-state index in [1.165, 1.54) is 0 Å². The van der Waals surface area contributed by atoms with Crippen LogP contribution in [0.4, 0.5) is 5.69 Å². The van der Waals surface area contributed by atoms with Gasteiger partial charge in [-0.3, -0.25) is 9.97 Å². The topological polar surface area (TPSA) is 80.5 Å². The van der Waals surface area contributed by atoms with Gasteiger partial charge in [0.15, 0.2) is 6.10 Å². The van der Waals surface area contributed by atoms with E-state index in [0.29, 0.717) is 17.1 Å². The van der Waals surface area contributed by atoms with Crippen molar-refractivity contribution in [3.8, 4) is 11.1 Å². The average Bonchev–Trinajstić information content (AvgIpc) is 3.17. The number of rotatable bonds is 6. The number of aromatic nitrogens is 3. The van der Waals surface area contributed by atoms with Crippen molar-refractivity contribution in [3.05, 3.63) is 76.5 Å². The van der Waals surface area contributed by atoms with E-state index < -0.39 is 17.7 Å². The zero-order chi connectivity index (χ0) is 26.5. The Morgan fingerprint density at radius 3 is 2.51 bits per heavy atom. The molecule has 0 spiro atoms. The van der Waals surface area contributed by atoms with E-state index in [4.69, 9.17) is 16.3 Å². The van der Waals surface area contributed by atoms with Gasteiger partial charge >= 0.3 is 5.97 Å². The predicted molar refractivity (Wildman–Crippen MR) is 146 cm³/mol. The zero-order valence-electron chi connectivity index (χ0n) is 21.7. The molecule has 1 aliphatic rings. The summed E-state index contributed by atoms with van der Waals surface area (Å²) in [6.45, 7) is 11.9. The van der Waals surface area contributed by atoms with Crippen molar-refractivity contribution in [1.29, 1.82) is 0 Å². The number of aryl methyl sites for hydroxylation is 1. The van der Waals surface area contributed by atoms with Crippen LogP contribution < -0.4 is 4.90 Å². The Bertz CT molecular complexity index is 1470. The molecule has 0 bridgehead atoms. The Kier molecular flexibility index (Phi) is 6.46. The minimum absolute atomic E-state index is 0.575. The van der Waals surface area contributed by atoms with Gasteiger partial charge in [0.25, 0.3) is 0 Å². The van der Waals surface area contributed by atoms with Gasteiger partial charge in [-0.15, -0.1) is 0 Å². The van der Waals surface area contributed by atoms with E-state index in [9.17, 15) is 9.90 Å². The van der Waals surface area contributed by atoms with Gasteiger partial charge in [-0.25, -0.2) is 4.79 Å². The van der Waals surface area contributed by atoms with Gasteiger partial charge < -0.3 is 19.3 Å². The quantitative estimate of drug-likeness (QED) is 0.321. The van der Waals surface area contributed by atoms with Crippen LogP contribution in [0.2, 0.25) is 5.02 Å². The second kappa shape index (κ2) is 9.47. The number of carboxylic acid groups (broad SMARTS) is 1. The summed E-state index contributed by atoms with van der Waals surface area (Å²) in [5.74, 6) is -1.02. The number of nitrogens with zero attached hydrogens (tertiary/aromatic N) is 4. The molecule has 0 fully saturated rings. The molecule has 0 saturated heterocycles. The van der Waals surface area contributed by atoms with Crippen LogP contribution >= 0.6 is 11.6 Å². The summed E-state index contributed by atoms with van der Waals surface area (Å²) in [7, 11) is 0. The molecule has 1 aliphatic heterocycles. The van der Waals surface area contributed by atoms with Crippen molar-refractivity contribution in [2.24, 2.45) is 0 Å². The number of carboxylic acids is 1. The molecule has 3 heterocycles. The normalized spacial score (nSPS) is 14.3. The molecule has 7 nitrogen and oxygen atoms in total. The van der Waals surface area contributed by atoms with Crippen LogP contribution in [0.5, 0.6) is 0 Å². The maximum absolute atomic E-state index is 12.8. The third-order valence-corrected chi connectivity index (χ3v) is 7.05. The molecule has 0 radical (unpaired) electrons. The van der Waals surface area contributed by atoms with E-state index >= 15 is 0 Å². The highest BCUT2D eigenvalue weighted by molar-refractivity contribution is 6.30. The fourth-order valence-electron chi connectivity index (χ4n) is 5.38. The molecule has 37 heavy (non-hydrogen) atoms.